The van der Waals surface area contributed by atoms with Crippen molar-refractivity contribution >= 4 is 18.2 Å². The summed E-state index contributed by atoms with van der Waals surface area (Å²) in [5, 5.41) is 11.8. The van der Waals surface area contributed by atoms with Gasteiger partial charge in [0.15, 0.2) is 0 Å². The van der Waals surface area contributed by atoms with E-state index in [1.807, 2.05) is 30.5 Å². The number of tetrazole rings is 1. The molecule has 18 heavy (non-hydrogen) atoms. The Hall–Kier alpha value is -2.17. The van der Waals surface area contributed by atoms with E-state index in [1.165, 1.54) is 12.8 Å². The molecule has 1 fully saturated rings. The largest absolute Gasteiger partial charge is 0.339 e. The van der Waals surface area contributed by atoms with Crippen molar-refractivity contribution in [1.29, 1.82) is 0 Å². The first kappa shape index (κ1) is 11.0. The predicted molar refractivity (Wildman–Crippen MR) is 70.9 cm³/mol. The third-order valence-corrected chi connectivity index (χ3v) is 3.07. The molecule has 0 amide bonds. The Morgan fingerprint density at radius 1 is 1.06 bits per heavy atom. The molecule has 1 aliphatic heterocycles. The van der Waals surface area contributed by atoms with E-state index >= 15 is 0 Å². The van der Waals surface area contributed by atoms with Crippen molar-refractivity contribution in [3.8, 4) is 0 Å². The minimum absolute atomic E-state index is 0.833. The minimum Gasteiger partial charge on any atom is -0.339 e. The molecule has 5 heteroatoms. The van der Waals surface area contributed by atoms with Crippen molar-refractivity contribution in [3.63, 3.8) is 0 Å². The van der Waals surface area contributed by atoms with Crippen molar-refractivity contribution in [1.82, 2.24) is 20.2 Å². The molecule has 0 saturated carbocycles. The van der Waals surface area contributed by atoms with Crippen LogP contribution in [0.25, 0.3) is 12.3 Å². The summed E-state index contributed by atoms with van der Waals surface area (Å²) in [5.74, 6) is 0.833. The molecule has 2 heterocycles. The Balaban J connectivity index is 1.81. The highest BCUT2D eigenvalue weighted by Crippen LogP contribution is 2.16. The molecular weight excluding hydrogens is 226 g/mol. The second-order valence-corrected chi connectivity index (χ2v) is 4.34. The lowest BCUT2D eigenvalue weighted by Crippen LogP contribution is -2.21. The third kappa shape index (κ3) is 2.25. The molecule has 2 aromatic rings. The predicted octanol–water partition coefficient (Wildman–Crippen LogP) is 1.90. The molecule has 5 nitrogen and oxygen atoms in total. The SMILES string of the molecule is C(=C\n1nnnc1N1CCCC1)/c1ccccc1. The molecule has 1 aromatic carbocycles. The van der Waals surface area contributed by atoms with Crippen LogP contribution in [0.4, 0.5) is 5.95 Å². The van der Waals surface area contributed by atoms with Crippen LogP contribution in [0, 0.1) is 0 Å². The fraction of sp³-hybridized carbons (Fsp3) is 0.308. The van der Waals surface area contributed by atoms with Crippen LogP contribution in [0.15, 0.2) is 30.3 Å². The number of hydrogen-bond donors (Lipinski definition) is 0. The van der Waals surface area contributed by atoms with Crippen molar-refractivity contribution in [2.75, 3.05) is 18.0 Å². The summed E-state index contributed by atoms with van der Waals surface area (Å²) in [6.07, 6.45) is 6.35. The summed E-state index contributed by atoms with van der Waals surface area (Å²) in [6.45, 7) is 2.08. The zero-order valence-corrected chi connectivity index (χ0v) is 10.1. The molecule has 0 aliphatic carbocycles. The smallest absolute Gasteiger partial charge is 0.249 e. The van der Waals surface area contributed by atoms with Gasteiger partial charge in [-0.3, -0.25) is 0 Å². The zero-order chi connectivity index (χ0) is 12.2. The van der Waals surface area contributed by atoms with Crippen LogP contribution >= 0.6 is 0 Å². The van der Waals surface area contributed by atoms with Crippen LogP contribution in [0.1, 0.15) is 18.4 Å². The number of aromatic nitrogens is 4. The quantitative estimate of drug-likeness (QED) is 0.823. The Labute approximate surface area is 106 Å². The Bertz CT molecular complexity index is 525. The number of rotatable bonds is 3. The van der Waals surface area contributed by atoms with Crippen LogP contribution in [0.2, 0.25) is 0 Å². The van der Waals surface area contributed by atoms with Crippen molar-refractivity contribution in [2.45, 2.75) is 12.8 Å². The standard InChI is InChI=1S/C13H15N5/c1-2-6-12(7-3-1)8-11-18-13(14-15-16-18)17-9-4-5-10-17/h1-3,6-8,11H,4-5,9-10H2/b11-8+. The molecule has 1 aromatic heterocycles. The van der Waals surface area contributed by atoms with Gasteiger partial charge in [-0.1, -0.05) is 35.4 Å². The fourth-order valence-electron chi connectivity index (χ4n) is 2.13. The second kappa shape index (κ2) is 5.00. The fourth-order valence-corrected chi connectivity index (χ4v) is 2.13. The maximum Gasteiger partial charge on any atom is 0.249 e. The Morgan fingerprint density at radius 3 is 2.61 bits per heavy atom. The lowest BCUT2D eigenvalue weighted by atomic mass is 10.2. The van der Waals surface area contributed by atoms with Crippen LogP contribution in [-0.2, 0) is 0 Å². The molecule has 3 rings (SSSR count). The number of benzene rings is 1. The maximum atomic E-state index is 4.09. The lowest BCUT2D eigenvalue weighted by molar-refractivity contribution is 0.808. The summed E-state index contributed by atoms with van der Waals surface area (Å²) in [5.41, 5.74) is 1.14. The van der Waals surface area contributed by atoms with Gasteiger partial charge >= 0.3 is 0 Å². The molecule has 1 saturated heterocycles. The highest BCUT2D eigenvalue weighted by atomic mass is 15.6. The molecule has 0 atom stereocenters. The van der Waals surface area contributed by atoms with E-state index in [9.17, 15) is 0 Å². The van der Waals surface area contributed by atoms with E-state index in [-0.39, 0.29) is 0 Å². The van der Waals surface area contributed by atoms with Crippen molar-refractivity contribution in [2.24, 2.45) is 0 Å². The highest BCUT2D eigenvalue weighted by molar-refractivity contribution is 5.61. The summed E-state index contributed by atoms with van der Waals surface area (Å²) in [6, 6.07) is 10.1. The first-order chi connectivity index (χ1) is 8.93. The topological polar surface area (TPSA) is 46.8 Å². The first-order valence-corrected chi connectivity index (χ1v) is 6.19. The Kier molecular flexibility index (Phi) is 3.04. The van der Waals surface area contributed by atoms with Gasteiger partial charge in [-0.05, 0) is 34.9 Å². The molecule has 0 spiro atoms. The normalized spacial score (nSPS) is 15.7. The Morgan fingerprint density at radius 2 is 1.83 bits per heavy atom. The average molecular weight is 241 g/mol. The van der Waals surface area contributed by atoms with Gasteiger partial charge in [0.05, 0.1) is 0 Å². The average Bonchev–Trinajstić information content (AvgIpc) is 3.08. The van der Waals surface area contributed by atoms with Gasteiger partial charge in [-0.2, -0.15) is 4.68 Å². The van der Waals surface area contributed by atoms with Gasteiger partial charge in [0.2, 0.25) is 5.95 Å². The number of anilines is 1. The van der Waals surface area contributed by atoms with E-state index in [0.29, 0.717) is 0 Å². The molecule has 0 radical (unpaired) electrons. The summed E-state index contributed by atoms with van der Waals surface area (Å²) >= 11 is 0. The van der Waals surface area contributed by atoms with E-state index < -0.39 is 0 Å². The van der Waals surface area contributed by atoms with Crippen LogP contribution < -0.4 is 4.90 Å². The molecule has 0 N–H and O–H groups in total. The highest BCUT2D eigenvalue weighted by Gasteiger charge is 2.17. The van der Waals surface area contributed by atoms with E-state index in [4.69, 9.17) is 0 Å². The van der Waals surface area contributed by atoms with E-state index in [1.54, 1.807) is 4.68 Å². The first-order valence-electron chi connectivity index (χ1n) is 6.19. The summed E-state index contributed by atoms with van der Waals surface area (Å²) < 4.78 is 1.73. The van der Waals surface area contributed by atoms with Gasteiger partial charge < -0.3 is 4.90 Å². The van der Waals surface area contributed by atoms with Gasteiger partial charge in [0.25, 0.3) is 0 Å². The molecule has 0 unspecified atom stereocenters. The molecule has 92 valence electrons. The molecule has 0 bridgehead atoms. The van der Waals surface area contributed by atoms with Gasteiger partial charge in [-0.15, -0.1) is 0 Å². The monoisotopic (exact) mass is 241 g/mol. The van der Waals surface area contributed by atoms with E-state index in [2.05, 4.69) is 32.6 Å². The number of nitrogens with zero attached hydrogens (tertiary/aromatic N) is 5. The van der Waals surface area contributed by atoms with Crippen LogP contribution in [-0.4, -0.2) is 33.3 Å². The molecule has 1 aliphatic rings. The zero-order valence-electron chi connectivity index (χ0n) is 10.1. The van der Waals surface area contributed by atoms with Crippen molar-refractivity contribution in [3.05, 3.63) is 35.9 Å². The molecular formula is C13H15N5. The van der Waals surface area contributed by atoms with Gasteiger partial charge in [-0.25, -0.2) is 0 Å². The maximum absolute atomic E-state index is 4.09. The number of hydrogen-bond acceptors (Lipinski definition) is 4. The van der Waals surface area contributed by atoms with Gasteiger partial charge in [0.1, 0.15) is 0 Å². The second-order valence-electron chi connectivity index (χ2n) is 4.34. The van der Waals surface area contributed by atoms with Gasteiger partial charge in [0, 0.05) is 19.3 Å². The lowest BCUT2D eigenvalue weighted by Gasteiger charge is -2.13. The third-order valence-electron chi connectivity index (χ3n) is 3.07. The van der Waals surface area contributed by atoms with E-state index in [0.717, 1.165) is 24.6 Å². The van der Waals surface area contributed by atoms with Crippen LogP contribution in [0.3, 0.4) is 0 Å². The summed E-state index contributed by atoms with van der Waals surface area (Å²) in [7, 11) is 0. The van der Waals surface area contributed by atoms with Crippen LogP contribution in [0.5, 0.6) is 0 Å². The summed E-state index contributed by atoms with van der Waals surface area (Å²) in [4.78, 5) is 2.22. The minimum atomic E-state index is 0.833. The van der Waals surface area contributed by atoms with Crippen molar-refractivity contribution < 1.29 is 0 Å².